The van der Waals surface area contributed by atoms with E-state index in [4.69, 9.17) is 0 Å². The highest BCUT2D eigenvalue weighted by Gasteiger charge is 2.20. The van der Waals surface area contributed by atoms with Crippen LogP contribution in [0.25, 0.3) is 0 Å². The van der Waals surface area contributed by atoms with Crippen molar-refractivity contribution in [2.75, 3.05) is 5.75 Å². The molecule has 0 radical (unpaired) electrons. The van der Waals surface area contributed by atoms with Crippen LogP contribution in [0.4, 0.5) is 0 Å². The van der Waals surface area contributed by atoms with Crippen molar-refractivity contribution in [3.63, 3.8) is 0 Å². The molecule has 11 heavy (non-hydrogen) atoms. The van der Waals surface area contributed by atoms with Gasteiger partial charge in [-0.15, -0.1) is 0 Å². The van der Waals surface area contributed by atoms with Gasteiger partial charge in [0.2, 0.25) is 20.0 Å². The van der Waals surface area contributed by atoms with Gasteiger partial charge in [0.05, 0.1) is 11.0 Å². The van der Waals surface area contributed by atoms with Gasteiger partial charge in [0.25, 0.3) is 0 Å². The molecule has 0 saturated carbocycles. The van der Waals surface area contributed by atoms with Crippen molar-refractivity contribution in [2.45, 2.75) is 12.2 Å². The predicted molar refractivity (Wildman–Crippen MR) is 40.5 cm³/mol. The molecule has 8 heteroatoms. The Hall–Kier alpha value is -0.180. The van der Waals surface area contributed by atoms with Crippen molar-refractivity contribution in [2.24, 2.45) is 10.3 Å². The van der Waals surface area contributed by atoms with Crippen LogP contribution >= 0.6 is 0 Å². The van der Waals surface area contributed by atoms with Gasteiger partial charge in [0.1, 0.15) is 0 Å². The molecule has 1 unspecified atom stereocenters. The van der Waals surface area contributed by atoms with Crippen LogP contribution in [-0.4, -0.2) is 27.8 Å². The van der Waals surface area contributed by atoms with E-state index in [1.54, 1.807) is 0 Å². The summed E-state index contributed by atoms with van der Waals surface area (Å²) in [6, 6.07) is 0. The molecular formula is C3H10N2O4S2. The summed E-state index contributed by atoms with van der Waals surface area (Å²) < 4.78 is 41.6. The van der Waals surface area contributed by atoms with Crippen LogP contribution in [0.15, 0.2) is 0 Å². The van der Waals surface area contributed by atoms with Crippen LogP contribution in [0, 0.1) is 0 Å². The van der Waals surface area contributed by atoms with Gasteiger partial charge in [-0.2, -0.15) is 0 Å². The zero-order valence-electron chi connectivity index (χ0n) is 5.89. The molecule has 0 aromatic heterocycles. The fraction of sp³-hybridized carbons (Fsp3) is 1.00. The second kappa shape index (κ2) is 3.05. The van der Waals surface area contributed by atoms with Gasteiger partial charge in [0.15, 0.2) is 0 Å². The maximum atomic E-state index is 10.5. The Kier molecular flexibility index (Phi) is 3.00. The predicted octanol–water partition coefficient (Wildman–Crippen LogP) is -2.05. The molecule has 0 spiro atoms. The number of rotatable bonds is 3. The molecule has 0 aromatic rings. The van der Waals surface area contributed by atoms with Gasteiger partial charge in [-0.3, -0.25) is 0 Å². The van der Waals surface area contributed by atoms with Crippen molar-refractivity contribution >= 4 is 20.0 Å². The lowest BCUT2D eigenvalue weighted by atomic mass is 10.6. The fourth-order valence-electron chi connectivity index (χ4n) is 0.422. The first kappa shape index (κ1) is 10.8. The minimum atomic E-state index is -3.80. The van der Waals surface area contributed by atoms with E-state index in [0.717, 1.165) is 0 Å². The molecule has 0 bridgehead atoms. The lowest BCUT2D eigenvalue weighted by Gasteiger charge is -2.05. The first-order valence-corrected chi connectivity index (χ1v) is 5.97. The van der Waals surface area contributed by atoms with E-state index in [9.17, 15) is 16.8 Å². The fourth-order valence-corrected chi connectivity index (χ4v) is 2.40. The molecule has 1 atom stereocenters. The first-order chi connectivity index (χ1) is 4.63. The Morgan fingerprint density at radius 1 is 1.18 bits per heavy atom. The van der Waals surface area contributed by atoms with Crippen molar-refractivity contribution in [3.8, 4) is 0 Å². The Labute approximate surface area is 65.7 Å². The van der Waals surface area contributed by atoms with E-state index >= 15 is 0 Å². The number of nitrogens with two attached hydrogens (primary N) is 2. The van der Waals surface area contributed by atoms with Crippen LogP contribution in [0.3, 0.4) is 0 Å². The van der Waals surface area contributed by atoms with Gasteiger partial charge in [-0.05, 0) is 6.92 Å². The minimum absolute atomic E-state index is 0.647. The summed E-state index contributed by atoms with van der Waals surface area (Å²) in [4.78, 5) is 0. The molecule has 68 valence electrons. The Balaban J connectivity index is 4.47. The summed E-state index contributed by atoms with van der Waals surface area (Å²) in [5.74, 6) is -0.647. The third-order valence-corrected chi connectivity index (χ3v) is 3.49. The van der Waals surface area contributed by atoms with Gasteiger partial charge < -0.3 is 0 Å². The lowest BCUT2D eigenvalue weighted by molar-refractivity contribution is 0.579. The molecular weight excluding hydrogens is 192 g/mol. The molecule has 0 aromatic carbocycles. The average Bonchev–Trinajstić information content (AvgIpc) is 1.56. The van der Waals surface area contributed by atoms with Crippen molar-refractivity contribution in [3.05, 3.63) is 0 Å². The minimum Gasteiger partial charge on any atom is -0.229 e. The van der Waals surface area contributed by atoms with E-state index in [2.05, 4.69) is 10.3 Å². The summed E-state index contributed by atoms with van der Waals surface area (Å²) in [7, 11) is -7.56. The number of hydrogen-bond acceptors (Lipinski definition) is 4. The Bertz CT molecular complexity index is 315. The highest BCUT2D eigenvalue weighted by molar-refractivity contribution is 7.93. The molecule has 4 N–H and O–H groups in total. The van der Waals surface area contributed by atoms with E-state index < -0.39 is 31.0 Å². The summed E-state index contributed by atoms with van der Waals surface area (Å²) >= 11 is 0. The quantitative estimate of drug-likeness (QED) is 0.547. The third-order valence-electron chi connectivity index (χ3n) is 1.03. The molecule has 0 aliphatic heterocycles. The normalized spacial score (nSPS) is 16.3. The molecule has 6 nitrogen and oxygen atoms in total. The van der Waals surface area contributed by atoms with Gasteiger partial charge in [-0.1, -0.05) is 0 Å². The average molecular weight is 202 g/mol. The van der Waals surface area contributed by atoms with Crippen LogP contribution in [0.1, 0.15) is 6.92 Å². The van der Waals surface area contributed by atoms with Gasteiger partial charge >= 0.3 is 0 Å². The van der Waals surface area contributed by atoms with Gasteiger partial charge in [-0.25, -0.2) is 27.1 Å². The van der Waals surface area contributed by atoms with Crippen LogP contribution in [-0.2, 0) is 20.0 Å². The highest BCUT2D eigenvalue weighted by atomic mass is 32.2. The van der Waals surface area contributed by atoms with Crippen LogP contribution in [0.5, 0.6) is 0 Å². The zero-order valence-corrected chi connectivity index (χ0v) is 7.52. The van der Waals surface area contributed by atoms with Crippen molar-refractivity contribution in [1.29, 1.82) is 0 Å². The molecule has 0 saturated heterocycles. The Morgan fingerprint density at radius 3 is 1.64 bits per heavy atom. The monoisotopic (exact) mass is 202 g/mol. The highest BCUT2D eigenvalue weighted by Crippen LogP contribution is 1.96. The summed E-state index contributed by atoms with van der Waals surface area (Å²) in [5.41, 5.74) is 0. The van der Waals surface area contributed by atoms with Gasteiger partial charge in [0, 0.05) is 0 Å². The molecule has 0 fully saturated rings. The van der Waals surface area contributed by atoms with E-state index in [1.165, 1.54) is 6.92 Å². The summed E-state index contributed by atoms with van der Waals surface area (Å²) in [5, 5.41) is 8.07. The Morgan fingerprint density at radius 2 is 1.55 bits per heavy atom. The molecule has 0 aliphatic rings. The van der Waals surface area contributed by atoms with Crippen LogP contribution < -0.4 is 10.3 Å². The van der Waals surface area contributed by atoms with Crippen molar-refractivity contribution in [1.82, 2.24) is 0 Å². The summed E-state index contributed by atoms with van der Waals surface area (Å²) in [6.45, 7) is 1.18. The first-order valence-electron chi connectivity index (χ1n) is 2.65. The maximum absolute atomic E-state index is 10.5. The second-order valence-electron chi connectivity index (χ2n) is 2.23. The lowest BCUT2D eigenvalue weighted by Crippen LogP contribution is -2.34. The molecule has 0 amide bonds. The van der Waals surface area contributed by atoms with E-state index in [-0.39, 0.29) is 0 Å². The number of hydrogen-bond donors (Lipinski definition) is 2. The van der Waals surface area contributed by atoms with E-state index in [0.29, 0.717) is 0 Å². The number of sulfonamides is 2. The standard InChI is InChI=1S/C3H10N2O4S2/c1-3(11(5,8)9)2-10(4,6)7/h3H,2H2,1H3,(H2,4,6,7)(H2,5,8,9). The second-order valence-corrected chi connectivity index (χ2v) is 5.87. The van der Waals surface area contributed by atoms with E-state index in [1.807, 2.05) is 0 Å². The zero-order chi connectivity index (χ0) is 9.28. The maximum Gasteiger partial charge on any atom is 0.212 e. The topological polar surface area (TPSA) is 120 Å². The smallest absolute Gasteiger partial charge is 0.212 e. The molecule has 0 heterocycles. The molecule has 0 rings (SSSR count). The number of primary sulfonamides is 2. The van der Waals surface area contributed by atoms with Crippen molar-refractivity contribution < 1.29 is 16.8 Å². The third kappa shape index (κ3) is 5.13. The largest absolute Gasteiger partial charge is 0.229 e. The SMILES string of the molecule is CC(CS(N)(=O)=O)S(N)(=O)=O. The summed E-state index contributed by atoms with van der Waals surface area (Å²) in [6.07, 6.45) is 0. The van der Waals surface area contributed by atoms with Crippen LogP contribution in [0.2, 0.25) is 0 Å². The molecule has 0 aliphatic carbocycles.